The summed E-state index contributed by atoms with van der Waals surface area (Å²) < 4.78 is 0. The second kappa shape index (κ2) is 9.77. The molecule has 0 saturated heterocycles. The molecule has 0 bridgehead atoms. The number of nitrogens with zero attached hydrogens (tertiary/aromatic N) is 1. The van der Waals surface area contributed by atoms with E-state index >= 15 is 0 Å². The third-order valence-electron chi connectivity index (χ3n) is 4.47. The van der Waals surface area contributed by atoms with Gasteiger partial charge in [-0.25, -0.2) is 0 Å². The first-order chi connectivity index (χ1) is 5.90. The van der Waals surface area contributed by atoms with E-state index in [9.17, 15) is 0 Å². The molecule has 17 heavy (non-hydrogen) atoms. The van der Waals surface area contributed by atoms with E-state index in [4.69, 9.17) is 0 Å². The molecule has 1 rings (SSSR count). The Morgan fingerprint density at radius 2 is 1.35 bits per heavy atom. The van der Waals surface area contributed by atoms with Crippen LogP contribution in [-0.4, -0.2) is 15.3 Å². The van der Waals surface area contributed by atoms with Gasteiger partial charge in [-0.3, -0.25) is 0 Å². The average molecular weight is 291 g/mol. The van der Waals surface area contributed by atoms with Crippen LogP contribution in [0.4, 0.5) is 0 Å². The molecule has 1 aliphatic rings. The normalized spacial score (nSPS) is 31.4. The molecule has 1 nitrogen and oxygen atoms in total. The van der Waals surface area contributed by atoms with E-state index in [2.05, 4.69) is 38.8 Å². The molecule has 0 aromatic rings. The van der Waals surface area contributed by atoms with Crippen LogP contribution in [0.5, 0.6) is 0 Å². The van der Waals surface area contributed by atoms with Gasteiger partial charge in [-0.2, -0.15) is 7.05 Å². The summed E-state index contributed by atoms with van der Waals surface area (Å²) in [4.78, 5) is 4.66. The quantitative estimate of drug-likeness (QED) is 0.489. The Balaban J connectivity index is -0.000000211. The van der Waals surface area contributed by atoms with E-state index in [1.54, 1.807) is 0 Å². The van der Waals surface area contributed by atoms with Crippen LogP contribution in [0.25, 0.3) is 4.98 Å². The summed E-state index contributed by atoms with van der Waals surface area (Å²) in [6.45, 7) is 12.1. The molecule has 0 aromatic carbocycles. The minimum absolute atomic E-state index is 0. The molecule has 102 valence electrons. The first-order valence-electron chi connectivity index (χ1n) is 5.51. The Kier molecular flexibility index (Phi) is 15.2. The molecule has 4 atom stereocenters. The van der Waals surface area contributed by atoms with E-state index in [0.717, 1.165) is 23.3 Å². The first-order valence-corrected chi connectivity index (χ1v) is 8.53. The van der Waals surface area contributed by atoms with Crippen molar-refractivity contribution in [2.45, 2.75) is 45.8 Å². The van der Waals surface area contributed by atoms with Gasteiger partial charge in [0.2, 0.25) is 0 Å². The van der Waals surface area contributed by atoms with Gasteiger partial charge in [0.15, 0.2) is 0 Å². The minimum atomic E-state index is -1.27. The van der Waals surface area contributed by atoms with Gasteiger partial charge in [-0.05, 0) is 17.8 Å². The summed E-state index contributed by atoms with van der Waals surface area (Å²) in [6, 6.07) is 0. The predicted octanol–water partition coefficient (Wildman–Crippen LogP) is 5.23. The van der Waals surface area contributed by atoms with Gasteiger partial charge in [-0.15, -0.1) is 0 Å². The molecule has 1 fully saturated rings. The molecule has 0 aliphatic heterocycles. The van der Waals surface area contributed by atoms with E-state index in [-0.39, 0.29) is 44.0 Å². The number of hydrogen-bond donors (Lipinski definition) is 0. The van der Waals surface area contributed by atoms with Crippen LogP contribution >= 0.6 is 0 Å². The predicted molar refractivity (Wildman–Crippen MR) is 81.9 cm³/mol. The second-order valence-corrected chi connectivity index (χ2v) is 9.91. The maximum atomic E-state index is 4.66. The molecular weight excluding hydrogens is 258 g/mol. The summed E-state index contributed by atoms with van der Waals surface area (Å²) in [5, 5.41) is 0. The van der Waals surface area contributed by atoms with Crippen molar-refractivity contribution < 1.29 is 21.7 Å². The monoisotopic (exact) mass is 291 g/mol. The molecule has 0 amide bonds. The largest absolute Gasteiger partial charge is 4.00 e. The molecule has 1 aliphatic carbocycles. The van der Waals surface area contributed by atoms with Crippen LogP contribution in [0.2, 0.25) is 18.6 Å². The fraction of sp³-hybridized carbons (Fsp3) is 0.786. The Morgan fingerprint density at radius 1 is 0.941 bits per heavy atom. The van der Waals surface area contributed by atoms with Crippen LogP contribution in [0.15, 0.2) is 0 Å². The summed E-state index contributed by atoms with van der Waals surface area (Å²) in [7, 11) is 0.755. The Morgan fingerprint density at radius 3 is 1.59 bits per heavy atom. The standard InChI is InChI=1S/C11H24NSi.3CH3.Ti/c1-8-7-11(10(3)9(8)2)13(5,6)12-4;;;;/h8-11H,7H2,1-6H3;3*1H3;/q4*-1;+4/t8?,9-,10?,11+;;;;/m1..../s1. The first kappa shape index (κ1) is 26.5. The van der Waals surface area contributed by atoms with Crippen molar-refractivity contribution >= 4 is 8.24 Å². The maximum Gasteiger partial charge on any atom is 4.00 e. The maximum absolute atomic E-state index is 4.66. The van der Waals surface area contributed by atoms with Crippen molar-refractivity contribution in [3.63, 3.8) is 0 Å². The van der Waals surface area contributed by atoms with Crippen molar-refractivity contribution in [1.29, 1.82) is 0 Å². The molecule has 1 saturated carbocycles. The smallest absolute Gasteiger partial charge is 0.667 e. The SMILES string of the molecule is C[N-][Si](C)(C)[C@H]1CC(C)[C@@H](C)C1C.[CH3-].[CH3-].[CH3-].[Ti+4]. The summed E-state index contributed by atoms with van der Waals surface area (Å²) in [5.41, 5.74) is 0.919. The van der Waals surface area contributed by atoms with Gasteiger partial charge in [0.1, 0.15) is 0 Å². The van der Waals surface area contributed by atoms with Crippen molar-refractivity contribution in [2.24, 2.45) is 17.8 Å². The molecular formula is C14H33NSiTi. The Bertz CT molecular complexity index is 185. The van der Waals surface area contributed by atoms with E-state index in [1.165, 1.54) is 6.42 Å². The zero-order valence-electron chi connectivity index (χ0n) is 13.5. The van der Waals surface area contributed by atoms with Crippen LogP contribution in [0, 0.1) is 40.0 Å². The van der Waals surface area contributed by atoms with E-state index in [1.807, 2.05) is 7.05 Å². The summed E-state index contributed by atoms with van der Waals surface area (Å²) in [5.74, 6) is 2.70. The van der Waals surface area contributed by atoms with Crippen LogP contribution in [0.1, 0.15) is 27.2 Å². The third-order valence-corrected chi connectivity index (χ3v) is 8.20. The number of rotatable bonds is 2. The molecule has 0 heterocycles. The van der Waals surface area contributed by atoms with Crippen molar-refractivity contribution in [1.82, 2.24) is 0 Å². The Labute approximate surface area is 128 Å². The van der Waals surface area contributed by atoms with Crippen LogP contribution < -0.4 is 0 Å². The average Bonchev–Trinajstić information content (AvgIpc) is 2.33. The topological polar surface area (TPSA) is 14.1 Å². The molecule has 0 N–H and O–H groups in total. The van der Waals surface area contributed by atoms with Crippen molar-refractivity contribution in [3.05, 3.63) is 27.3 Å². The van der Waals surface area contributed by atoms with Crippen molar-refractivity contribution in [2.75, 3.05) is 7.05 Å². The third kappa shape index (κ3) is 5.59. The molecule has 0 aromatic heterocycles. The summed E-state index contributed by atoms with van der Waals surface area (Å²) >= 11 is 0. The molecule has 3 heteroatoms. The second-order valence-electron chi connectivity index (χ2n) is 5.41. The molecule has 0 spiro atoms. The van der Waals surface area contributed by atoms with Gasteiger partial charge in [-0.1, -0.05) is 54.1 Å². The molecule has 0 radical (unpaired) electrons. The Hall–Kier alpha value is 0.891. The number of hydrogen-bond acceptors (Lipinski definition) is 0. The minimum Gasteiger partial charge on any atom is -0.667 e. The van der Waals surface area contributed by atoms with Crippen LogP contribution in [-0.2, 0) is 21.7 Å². The van der Waals surface area contributed by atoms with Gasteiger partial charge in [0.05, 0.1) is 0 Å². The van der Waals surface area contributed by atoms with Crippen LogP contribution in [0.3, 0.4) is 0 Å². The fourth-order valence-corrected chi connectivity index (χ4v) is 5.68. The zero-order valence-corrected chi connectivity index (χ0v) is 16.0. The van der Waals surface area contributed by atoms with E-state index < -0.39 is 8.24 Å². The van der Waals surface area contributed by atoms with Gasteiger partial charge < -0.3 is 27.3 Å². The van der Waals surface area contributed by atoms with Gasteiger partial charge in [0.25, 0.3) is 0 Å². The van der Waals surface area contributed by atoms with Crippen molar-refractivity contribution in [3.8, 4) is 0 Å². The molecule has 2 unspecified atom stereocenters. The van der Waals surface area contributed by atoms with E-state index in [0.29, 0.717) is 0 Å². The fourth-order valence-electron chi connectivity index (χ4n) is 2.81. The van der Waals surface area contributed by atoms with Gasteiger partial charge in [0, 0.05) is 0 Å². The van der Waals surface area contributed by atoms with Gasteiger partial charge >= 0.3 is 21.7 Å². The zero-order chi connectivity index (χ0) is 10.2. The summed E-state index contributed by atoms with van der Waals surface area (Å²) in [6.07, 6.45) is 1.42.